The second-order valence-electron chi connectivity index (χ2n) is 8.13. The van der Waals surface area contributed by atoms with Crippen LogP contribution in [-0.2, 0) is 4.79 Å². The molecule has 4 rings (SSSR count). The quantitative estimate of drug-likeness (QED) is 0.764. The van der Waals surface area contributed by atoms with Crippen molar-refractivity contribution in [2.24, 2.45) is 0 Å². The zero-order valence-electron chi connectivity index (χ0n) is 17.3. The molecule has 5 nitrogen and oxygen atoms in total. The van der Waals surface area contributed by atoms with Crippen molar-refractivity contribution in [2.75, 3.05) is 25.0 Å². The molecule has 0 bridgehead atoms. The number of carbonyl (C=O) groups excluding carboxylic acids is 2. The highest BCUT2D eigenvalue weighted by molar-refractivity contribution is 6.04. The largest absolute Gasteiger partial charge is 0.349 e. The van der Waals surface area contributed by atoms with Crippen molar-refractivity contribution in [1.82, 2.24) is 10.2 Å². The van der Waals surface area contributed by atoms with Crippen molar-refractivity contribution in [1.29, 1.82) is 0 Å². The summed E-state index contributed by atoms with van der Waals surface area (Å²) in [4.78, 5) is 27.5. The average molecular weight is 404 g/mol. The van der Waals surface area contributed by atoms with Crippen molar-refractivity contribution >= 4 is 23.1 Å². The molecule has 30 heavy (non-hydrogen) atoms. The van der Waals surface area contributed by atoms with E-state index in [1.807, 2.05) is 18.2 Å². The molecule has 1 aliphatic carbocycles. The Balaban J connectivity index is 1.33. The maximum Gasteiger partial charge on any atom is 0.253 e. The molecular weight excluding hydrogens is 374 g/mol. The third-order valence-electron chi connectivity index (χ3n) is 5.94. The van der Waals surface area contributed by atoms with Crippen LogP contribution in [-0.4, -0.2) is 42.4 Å². The Kier molecular flexibility index (Phi) is 6.60. The molecule has 2 amide bonds. The van der Waals surface area contributed by atoms with E-state index < -0.39 is 0 Å². The standard InChI is InChI=1S/C25H29N3O2/c29-24(18-28-16-14-20(15-17-28)19-8-2-1-3-9-19)27-23-13-7-6-12-22(23)25(30)26-21-10-4-5-11-21/h1-3,6-9,12-14,21H,4-5,10-11,15-18H2,(H,26,30)(H,27,29). The topological polar surface area (TPSA) is 61.4 Å². The van der Waals surface area contributed by atoms with E-state index in [-0.39, 0.29) is 17.9 Å². The van der Waals surface area contributed by atoms with Crippen LogP contribution in [0.2, 0.25) is 0 Å². The van der Waals surface area contributed by atoms with Crippen LogP contribution in [0.3, 0.4) is 0 Å². The first-order valence-electron chi connectivity index (χ1n) is 10.9. The van der Waals surface area contributed by atoms with Gasteiger partial charge in [0.1, 0.15) is 0 Å². The van der Waals surface area contributed by atoms with E-state index in [1.165, 1.54) is 24.0 Å². The molecular formula is C25H29N3O2. The normalized spacial score (nSPS) is 17.4. The van der Waals surface area contributed by atoms with Crippen LogP contribution in [0.15, 0.2) is 60.7 Å². The third-order valence-corrected chi connectivity index (χ3v) is 5.94. The Labute approximate surface area is 178 Å². The molecule has 5 heteroatoms. The van der Waals surface area contributed by atoms with E-state index in [1.54, 1.807) is 12.1 Å². The van der Waals surface area contributed by atoms with E-state index in [0.717, 1.165) is 32.4 Å². The highest BCUT2D eigenvalue weighted by atomic mass is 16.2. The lowest BCUT2D eigenvalue weighted by atomic mass is 10.00. The molecule has 2 N–H and O–H groups in total. The van der Waals surface area contributed by atoms with Gasteiger partial charge in [-0.3, -0.25) is 14.5 Å². The number of amides is 2. The van der Waals surface area contributed by atoms with E-state index in [2.05, 4.69) is 45.9 Å². The molecule has 0 atom stereocenters. The molecule has 0 radical (unpaired) electrons. The maximum absolute atomic E-state index is 12.7. The molecule has 1 aliphatic heterocycles. The van der Waals surface area contributed by atoms with Crippen LogP contribution < -0.4 is 10.6 Å². The van der Waals surface area contributed by atoms with Crippen molar-refractivity contribution in [3.63, 3.8) is 0 Å². The molecule has 1 heterocycles. The van der Waals surface area contributed by atoms with Crippen LogP contribution in [0, 0.1) is 0 Å². The summed E-state index contributed by atoms with van der Waals surface area (Å²) < 4.78 is 0. The first-order valence-corrected chi connectivity index (χ1v) is 10.9. The molecule has 2 aromatic carbocycles. The van der Waals surface area contributed by atoms with Crippen molar-refractivity contribution < 1.29 is 9.59 Å². The fraction of sp³-hybridized carbons (Fsp3) is 0.360. The monoisotopic (exact) mass is 403 g/mol. The van der Waals surface area contributed by atoms with E-state index in [9.17, 15) is 9.59 Å². The minimum Gasteiger partial charge on any atom is -0.349 e. The summed E-state index contributed by atoms with van der Waals surface area (Å²) in [5.41, 5.74) is 3.70. The number of hydrogen-bond donors (Lipinski definition) is 2. The van der Waals surface area contributed by atoms with Gasteiger partial charge in [0.15, 0.2) is 0 Å². The number of nitrogens with zero attached hydrogens (tertiary/aromatic N) is 1. The van der Waals surface area contributed by atoms with Gasteiger partial charge in [0.25, 0.3) is 5.91 Å². The predicted octanol–water partition coefficient (Wildman–Crippen LogP) is 4.09. The van der Waals surface area contributed by atoms with Crippen LogP contribution in [0.1, 0.15) is 48.0 Å². The fourth-order valence-corrected chi connectivity index (χ4v) is 4.29. The average Bonchev–Trinajstić information content (AvgIpc) is 3.28. The zero-order chi connectivity index (χ0) is 20.8. The van der Waals surface area contributed by atoms with Crippen LogP contribution in [0.25, 0.3) is 5.57 Å². The maximum atomic E-state index is 12.7. The Morgan fingerprint density at radius 1 is 0.967 bits per heavy atom. The van der Waals surface area contributed by atoms with E-state index in [0.29, 0.717) is 17.8 Å². The van der Waals surface area contributed by atoms with Crippen molar-refractivity contribution in [3.05, 3.63) is 71.8 Å². The molecule has 2 aliphatic rings. The number of para-hydroxylation sites is 1. The molecule has 156 valence electrons. The fourth-order valence-electron chi connectivity index (χ4n) is 4.29. The van der Waals surface area contributed by atoms with Crippen LogP contribution in [0.4, 0.5) is 5.69 Å². The second-order valence-corrected chi connectivity index (χ2v) is 8.13. The summed E-state index contributed by atoms with van der Waals surface area (Å²) in [5.74, 6) is -0.195. The zero-order valence-corrected chi connectivity index (χ0v) is 17.3. The summed E-state index contributed by atoms with van der Waals surface area (Å²) in [6.07, 6.45) is 7.54. The van der Waals surface area contributed by atoms with Crippen LogP contribution in [0.5, 0.6) is 0 Å². The van der Waals surface area contributed by atoms with Gasteiger partial charge < -0.3 is 10.6 Å². The number of carbonyl (C=O) groups is 2. The molecule has 0 spiro atoms. The summed E-state index contributed by atoms with van der Waals surface area (Å²) in [6.45, 7) is 1.91. The Bertz CT molecular complexity index is 917. The summed E-state index contributed by atoms with van der Waals surface area (Å²) in [7, 11) is 0. The summed E-state index contributed by atoms with van der Waals surface area (Å²) in [5, 5.41) is 6.05. The first kappa shape index (κ1) is 20.4. The number of benzene rings is 2. The Morgan fingerprint density at radius 2 is 1.70 bits per heavy atom. The molecule has 0 saturated heterocycles. The number of hydrogen-bond acceptors (Lipinski definition) is 3. The van der Waals surface area contributed by atoms with Gasteiger partial charge in [0.2, 0.25) is 5.91 Å². The van der Waals surface area contributed by atoms with Gasteiger partial charge in [-0.05, 0) is 42.5 Å². The molecule has 1 saturated carbocycles. The Hall–Kier alpha value is -2.92. The third kappa shape index (κ3) is 5.16. The molecule has 2 aromatic rings. The van der Waals surface area contributed by atoms with Crippen molar-refractivity contribution in [2.45, 2.75) is 38.1 Å². The molecule has 0 aromatic heterocycles. The minimum atomic E-state index is -0.105. The second kappa shape index (κ2) is 9.72. The highest BCUT2D eigenvalue weighted by Crippen LogP contribution is 2.23. The SMILES string of the molecule is O=C(CN1CC=C(c2ccccc2)CC1)Nc1ccccc1C(=O)NC1CCCC1. The smallest absolute Gasteiger partial charge is 0.253 e. The molecule has 0 unspecified atom stereocenters. The number of nitrogens with one attached hydrogen (secondary N) is 2. The number of rotatable bonds is 6. The molecule has 1 fully saturated rings. The van der Waals surface area contributed by atoms with Gasteiger partial charge in [-0.15, -0.1) is 0 Å². The van der Waals surface area contributed by atoms with Crippen molar-refractivity contribution in [3.8, 4) is 0 Å². The van der Waals surface area contributed by atoms with Gasteiger partial charge in [0, 0.05) is 19.1 Å². The lowest BCUT2D eigenvalue weighted by Crippen LogP contribution is -2.37. The summed E-state index contributed by atoms with van der Waals surface area (Å²) >= 11 is 0. The lowest BCUT2D eigenvalue weighted by molar-refractivity contribution is -0.117. The van der Waals surface area contributed by atoms with Crippen LogP contribution >= 0.6 is 0 Å². The first-order chi connectivity index (χ1) is 14.7. The van der Waals surface area contributed by atoms with Gasteiger partial charge in [-0.25, -0.2) is 0 Å². The van der Waals surface area contributed by atoms with Gasteiger partial charge in [0.05, 0.1) is 17.8 Å². The van der Waals surface area contributed by atoms with E-state index >= 15 is 0 Å². The minimum absolute atomic E-state index is 0.0901. The predicted molar refractivity (Wildman–Crippen MR) is 120 cm³/mol. The van der Waals surface area contributed by atoms with Gasteiger partial charge in [-0.1, -0.05) is 61.4 Å². The summed E-state index contributed by atoms with van der Waals surface area (Å²) in [6, 6.07) is 17.9. The van der Waals surface area contributed by atoms with Gasteiger partial charge in [-0.2, -0.15) is 0 Å². The lowest BCUT2D eigenvalue weighted by Gasteiger charge is -2.26. The number of anilines is 1. The Morgan fingerprint density at radius 3 is 2.43 bits per heavy atom. The highest BCUT2D eigenvalue weighted by Gasteiger charge is 2.21. The van der Waals surface area contributed by atoms with E-state index in [4.69, 9.17) is 0 Å². The van der Waals surface area contributed by atoms with Gasteiger partial charge >= 0.3 is 0 Å².